The lowest BCUT2D eigenvalue weighted by atomic mass is 10.0. The van der Waals surface area contributed by atoms with E-state index in [-0.39, 0.29) is 11.4 Å². The van der Waals surface area contributed by atoms with E-state index in [9.17, 15) is 4.79 Å². The Hall–Kier alpha value is -1.23. The van der Waals surface area contributed by atoms with Crippen molar-refractivity contribution in [1.29, 1.82) is 0 Å². The van der Waals surface area contributed by atoms with E-state index in [4.69, 9.17) is 9.47 Å². The van der Waals surface area contributed by atoms with Gasteiger partial charge >= 0.3 is 0 Å². The van der Waals surface area contributed by atoms with E-state index < -0.39 is 0 Å². The molecule has 106 valence electrons. The number of alkyl halides is 1. The van der Waals surface area contributed by atoms with Crippen LogP contribution in [-0.4, -0.2) is 42.9 Å². The Labute approximate surface area is 122 Å². The van der Waals surface area contributed by atoms with Crippen LogP contribution in [0.15, 0.2) is 18.2 Å². The van der Waals surface area contributed by atoms with Crippen LogP contribution in [0.25, 0.3) is 0 Å². The molecule has 5 heteroatoms. The van der Waals surface area contributed by atoms with E-state index >= 15 is 0 Å². The third kappa shape index (κ3) is 3.41. The third-order valence-electron chi connectivity index (χ3n) is 3.17. The Morgan fingerprint density at radius 1 is 1.26 bits per heavy atom. The molecule has 0 aromatic heterocycles. The first-order chi connectivity index (χ1) is 8.87. The van der Waals surface area contributed by atoms with Crippen molar-refractivity contribution < 1.29 is 14.3 Å². The van der Waals surface area contributed by atoms with Crippen LogP contribution in [0.1, 0.15) is 24.2 Å². The number of amides is 1. The Morgan fingerprint density at radius 3 is 2.32 bits per heavy atom. The van der Waals surface area contributed by atoms with Crippen molar-refractivity contribution in [2.75, 3.05) is 26.6 Å². The van der Waals surface area contributed by atoms with E-state index in [1.807, 2.05) is 13.8 Å². The summed E-state index contributed by atoms with van der Waals surface area (Å²) in [6.07, 6.45) is 0. The summed E-state index contributed by atoms with van der Waals surface area (Å²) in [6, 6.07) is 5.17. The molecule has 0 radical (unpaired) electrons. The average Bonchev–Trinajstić information content (AvgIpc) is 2.44. The fraction of sp³-hybridized carbons (Fsp3) is 0.500. The van der Waals surface area contributed by atoms with Crippen molar-refractivity contribution in [3.8, 4) is 11.5 Å². The SMILES string of the molecule is COc1ccc(C(=O)N(C)C(C)(C)CBr)cc1OC. The van der Waals surface area contributed by atoms with Gasteiger partial charge in [0.05, 0.1) is 14.2 Å². The smallest absolute Gasteiger partial charge is 0.254 e. The largest absolute Gasteiger partial charge is 0.493 e. The summed E-state index contributed by atoms with van der Waals surface area (Å²) in [5, 5.41) is 0.704. The lowest BCUT2D eigenvalue weighted by Crippen LogP contribution is -2.46. The van der Waals surface area contributed by atoms with Gasteiger partial charge in [0.15, 0.2) is 11.5 Å². The van der Waals surface area contributed by atoms with Gasteiger partial charge < -0.3 is 14.4 Å². The highest BCUT2D eigenvalue weighted by Gasteiger charge is 2.27. The zero-order chi connectivity index (χ0) is 14.6. The second kappa shape index (κ2) is 6.28. The summed E-state index contributed by atoms with van der Waals surface area (Å²) in [5.74, 6) is 1.12. The Morgan fingerprint density at radius 2 is 1.84 bits per heavy atom. The van der Waals surface area contributed by atoms with Crippen molar-refractivity contribution in [1.82, 2.24) is 4.90 Å². The maximum atomic E-state index is 12.4. The van der Waals surface area contributed by atoms with Crippen molar-refractivity contribution >= 4 is 21.8 Å². The van der Waals surface area contributed by atoms with Gasteiger partial charge in [0.2, 0.25) is 0 Å². The highest BCUT2D eigenvalue weighted by Crippen LogP contribution is 2.29. The molecule has 19 heavy (non-hydrogen) atoms. The number of methoxy groups -OCH3 is 2. The number of carbonyl (C=O) groups is 1. The van der Waals surface area contributed by atoms with Gasteiger partial charge in [-0.2, -0.15) is 0 Å². The molecule has 0 aliphatic rings. The highest BCUT2D eigenvalue weighted by atomic mass is 79.9. The zero-order valence-corrected chi connectivity index (χ0v) is 13.6. The van der Waals surface area contributed by atoms with E-state index in [1.54, 1.807) is 44.4 Å². The van der Waals surface area contributed by atoms with Gasteiger partial charge in [-0.25, -0.2) is 0 Å². The normalized spacial score (nSPS) is 11.1. The zero-order valence-electron chi connectivity index (χ0n) is 12.0. The molecule has 1 amide bonds. The number of hydrogen-bond donors (Lipinski definition) is 0. The molecule has 0 N–H and O–H groups in total. The molecule has 0 heterocycles. The molecule has 0 aliphatic carbocycles. The summed E-state index contributed by atoms with van der Waals surface area (Å²) >= 11 is 3.42. The summed E-state index contributed by atoms with van der Waals surface area (Å²) in [7, 11) is 4.91. The molecule has 0 atom stereocenters. The van der Waals surface area contributed by atoms with E-state index in [0.29, 0.717) is 22.4 Å². The van der Waals surface area contributed by atoms with Gasteiger partial charge in [-0.1, -0.05) is 15.9 Å². The van der Waals surface area contributed by atoms with Gasteiger partial charge in [-0.3, -0.25) is 4.79 Å². The molecule has 1 aromatic rings. The number of benzene rings is 1. The molecule has 4 nitrogen and oxygen atoms in total. The second-order valence-corrected chi connectivity index (χ2v) is 5.44. The number of nitrogens with zero attached hydrogens (tertiary/aromatic N) is 1. The number of halogens is 1. The topological polar surface area (TPSA) is 38.8 Å². The van der Waals surface area contributed by atoms with Gasteiger partial charge in [0.1, 0.15) is 0 Å². The first kappa shape index (κ1) is 15.8. The molecular formula is C14H20BrNO3. The minimum Gasteiger partial charge on any atom is -0.493 e. The van der Waals surface area contributed by atoms with Gasteiger partial charge in [0, 0.05) is 23.5 Å². The molecule has 1 aromatic carbocycles. The molecule has 0 saturated heterocycles. The number of rotatable bonds is 5. The lowest BCUT2D eigenvalue weighted by Gasteiger charge is -2.34. The Kier molecular flexibility index (Phi) is 5.23. The molecule has 0 bridgehead atoms. The predicted octanol–water partition coefficient (Wildman–Crippen LogP) is 2.95. The minimum atomic E-state index is -0.260. The quantitative estimate of drug-likeness (QED) is 0.779. The number of hydrogen-bond acceptors (Lipinski definition) is 3. The summed E-state index contributed by atoms with van der Waals surface area (Å²) < 4.78 is 10.4. The van der Waals surface area contributed by atoms with Gasteiger partial charge in [-0.05, 0) is 32.0 Å². The summed E-state index contributed by atoms with van der Waals surface area (Å²) in [5.41, 5.74) is 0.318. The fourth-order valence-electron chi connectivity index (χ4n) is 1.53. The number of ether oxygens (including phenoxy) is 2. The third-order valence-corrected chi connectivity index (χ3v) is 4.54. The first-order valence-electron chi connectivity index (χ1n) is 5.93. The average molecular weight is 330 g/mol. The van der Waals surface area contributed by atoms with Crippen LogP contribution >= 0.6 is 15.9 Å². The summed E-state index contributed by atoms with van der Waals surface area (Å²) in [4.78, 5) is 14.1. The van der Waals surface area contributed by atoms with Crippen LogP contribution in [-0.2, 0) is 0 Å². The molecule has 0 fully saturated rings. The van der Waals surface area contributed by atoms with Crippen LogP contribution < -0.4 is 9.47 Å². The molecule has 0 spiro atoms. The van der Waals surface area contributed by atoms with Crippen molar-refractivity contribution in [2.24, 2.45) is 0 Å². The molecule has 0 unspecified atom stereocenters. The highest BCUT2D eigenvalue weighted by molar-refractivity contribution is 9.09. The van der Waals surface area contributed by atoms with Gasteiger partial charge in [-0.15, -0.1) is 0 Å². The lowest BCUT2D eigenvalue weighted by molar-refractivity contribution is 0.0663. The molecular weight excluding hydrogens is 310 g/mol. The molecule has 0 saturated carbocycles. The maximum absolute atomic E-state index is 12.4. The first-order valence-corrected chi connectivity index (χ1v) is 7.05. The van der Waals surface area contributed by atoms with Crippen LogP contribution in [0.2, 0.25) is 0 Å². The van der Waals surface area contributed by atoms with Crippen LogP contribution in [0, 0.1) is 0 Å². The molecule has 0 aliphatic heterocycles. The standard InChI is InChI=1S/C14H20BrNO3/c1-14(2,9-15)16(3)13(17)10-6-7-11(18-4)12(8-10)19-5/h6-8H,9H2,1-5H3. The summed E-state index contributed by atoms with van der Waals surface area (Å²) in [6.45, 7) is 4.00. The van der Waals surface area contributed by atoms with Crippen molar-refractivity contribution in [2.45, 2.75) is 19.4 Å². The van der Waals surface area contributed by atoms with Crippen LogP contribution in [0.5, 0.6) is 11.5 Å². The number of carbonyl (C=O) groups excluding carboxylic acids is 1. The molecule has 1 rings (SSSR count). The monoisotopic (exact) mass is 329 g/mol. The minimum absolute atomic E-state index is 0.0506. The van der Waals surface area contributed by atoms with Crippen molar-refractivity contribution in [3.63, 3.8) is 0 Å². The Balaban J connectivity index is 3.07. The van der Waals surface area contributed by atoms with E-state index in [1.165, 1.54) is 0 Å². The van der Waals surface area contributed by atoms with Crippen LogP contribution in [0.3, 0.4) is 0 Å². The van der Waals surface area contributed by atoms with E-state index in [0.717, 1.165) is 0 Å². The fourth-order valence-corrected chi connectivity index (χ4v) is 1.90. The predicted molar refractivity (Wildman–Crippen MR) is 79.5 cm³/mol. The second-order valence-electron chi connectivity index (χ2n) is 4.88. The van der Waals surface area contributed by atoms with Gasteiger partial charge in [0.25, 0.3) is 5.91 Å². The van der Waals surface area contributed by atoms with Crippen LogP contribution in [0.4, 0.5) is 0 Å². The van der Waals surface area contributed by atoms with Crippen molar-refractivity contribution in [3.05, 3.63) is 23.8 Å². The Bertz CT molecular complexity index is 460. The maximum Gasteiger partial charge on any atom is 0.254 e. The van der Waals surface area contributed by atoms with E-state index in [2.05, 4.69) is 15.9 Å².